The molecule has 0 aliphatic heterocycles. The zero-order valence-corrected chi connectivity index (χ0v) is 19.1. The Balaban J connectivity index is 1.47. The Morgan fingerprint density at radius 3 is 2.25 bits per heavy atom. The van der Waals surface area contributed by atoms with E-state index in [0.717, 1.165) is 16.0 Å². The highest BCUT2D eigenvalue weighted by Gasteiger charge is 2.15. The fraction of sp³-hybridized carbons (Fsp3) is 0.240. The van der Waals surface area contributed by atoms with E-state index in [-0.39, 0.29) is 17.0 Å². The third-order valence-electron chi connectivity index (χ3n) is 4.75. The maximum atomic E-state index is 13.0. The standard InChI is InChI=1S/C25H26FNO4S/c1-17(32-22-12-13-23(29-2)24(14-22)30-3)25(28)27-15-18-6-10-21(11-7-18)31-16-19-4-8-20(26)9-5-19/h4-14,17H,15-16H2,1-3H3,(H,27,28)/t17-/m1/s1. The molecular weight excluding hydrogens is 429 g/mol. The van der Waals surface area contributed by atoms with Crippen LogP contribution in [0.3, 0.4) is 0 Å². The maximum absolute atomic E-state index is 13.0. The van der Waals surface area contributed by atoms with Crippen molar-refractivity contribution in [3.05, 3.63) is 83.7 Å². The van der Waals surface area contributed by atoms with Crippen molar-refractivity contribution in [2.24, 2.45) is 0 Å². The lowest BCUT2D eigenvalue weighted by molar-refractivity contribution is -0.120. The number of carbonyl (C=O) groups excluding carboxylic acids is 1. The van der Waals surface area contributed by atoms with Crippen LogP contribution in [0, 0.1) is 5.82 Å². The van der Waals surface area contributed by atoms with Gasteiger partial charge in [0.1, 0.15) is 18.2 Å². The highest BCUT2D eigenvalue weighted by Crippen LogP contribution is 2.33. The summed E-state index contributed by atoms with van der Waals surface area (Å²) in [6.45, 7) is 2.65. The molecule has 0 aliphatic rings. The summed E-state index contributed by atoms with van der Waals surface area (Å²) in [7, 11) is 3.17. The van der Waals surface area contributed by atoms with Crippen LogP contribution in [0.5, 0.6) is 17.2 Å². The van der Waals surface area contributed by atoms with Crippen LogP contribution in [0.2, 0.25) is 0 Å². The van der Waals surface area contributed by atoms with Crippen molar-refractivity contribution in [3.8, 4) is 17.2 Å². The van der Waals surface area contributed by atoms with Gasteiger partial charge < -0.3 is 19.5 Å². The van der Waals surface area contributed by atoms with Gasteiger partial charge in [0, 0.05) is 11.4 Å². The second kappa shape index (κ2) is 11.4. The van der Waals surface area contributed by atoms with Crippen LogP contribution < -0.4 is 19.5 Å². The van der Waals surface area contributed by atoms with E-state index < -0.39 is 0 Å². The molecule has 3 aromatic rings. The van der Waals surface area contributed by atoms with Crippen molar-refractivity contribution in [3.63, 3.8) is 0 Å². The Labute approximate surface area is 191 Å². The molecule has 1 N–H and O–H groups in total. The first-order valence-electron chi connectivity index (χ1n) is 10.1. The van der Waals surface area contributed by atoms with Gasteiger partial charge >= 0.3 is 0 Å². The van der Waals surface area contributed by atoms with Crippen molar-refractivity contribution in [2.75, 3.05) is 14.2 Å². The molecule has 0 aromatic heterocycles. The minimum Gasteiger partial charge on any atom is -0.493 e. The number of thioether (sulfide) groups is 1. The molecule has 0 saturated heterocycles. The molecule has 32 heavy (non-hydrogen) atoms. The van der Waals surface area contributed by atoms with Gasteiger partial charge in [-0.2, -0.15) is 0 Å². The summed E-state index contributed by atoms with van der Waals surface area (Å²) in [5.41, 5.74) is 1.86. The minimum atomic E-state index is -0.272. The number of nitrogens with one attached hydrogen (secondary N) is 1. The molecule has 0 spiro atoms. The van der Waals surface area contributed by atoms with E-state index >= 15 is 0 Å². The summed E-state index contributed by atoms with van der Waals surface area (Å²) < 4.78 is 29.2. The lowest BCUT2D eigenvalue weighted by Gasteiger charge is -2.14. The number of hydrogen-bond acceptors (Lipinski definition) is 5. The van der Waals surface area contributed by atoms with Gasteiger partial charge in [-0.25, -0.2) is 4.39 Å². The molecule has 0 fully saturated rings. The van der Waals surface area contributed by atoms with Gasteiger partial charge in [0.05, 0.1) is 19.5 Å². The van der Waals surface area contributed by atoms with Gasteiger partial charge in [0.25, 0.3) is 0 Å². The molecule has 0 unspecified atom stereocenters. The molecule has 3 aromatic carbocycles. The van der Waals surface area contributed by atoms with Crippen LogP contribution in [0.1, 0.15) is 18.1 Å². The second-order valence-corrected chi connectivity index (χ2v) is 8.47. The topological polar surface area (TPSA) is 56.8 Å². The van der Waals surface area contributed by atoms with E-state index in [4.69, 9.17) is 14.2 Å². The number of methoxy groups -OCH3 is 2. The maximum Gasteiger partial charge on any atom is 0.233 e. The van der Waals surface area contributed by atoms with Crippen molar-refractivity contribution >= 4 is 17.7 Å². The summed E-state index contributed by atoms with van der Waals surface area (Å²) in [6, 6.07) is 19.3. The molecule has 7 heteroatoms. The summed E-state index contributed by atoms with van der Waals surface area (Å²) in [4.78, 5) is 13.4. The monoisotopic (exact) mass is 455 g/mol. The number of benzene rings is 3. The summed E-state index contributed by atoms with van der Waals surface area (Å²) >= 11 is 1.45. The van der Waals surface area contributed by atoms with E-state index in [0.29, 0.717) is 30.4 Å². The molecule has 0 aliphatic carbocycles. The first kappa shape index (κ1) is 23.5. The van der Waals surface area contributed by atoms with Gasteiger partial charge in [0.15, 0.2) is 11.5 Å². The molecule has 0 saturated carbocycles. The second-order valence-electron chi connectivity index (χ2n) is 7.05. The molecule has 1 atom stereocenters. The number of halogens is 1. The predicted octanol–water partition coefficient (Wildman–Crippen LogP) is 5.22. The van der Waals surface area contributed by atoms with Crippen LogP contribution in [0.15, 0.2) is 71.6 Å². The third kappa shape index (κ3) is 6.65. The molecule has 0 heterocycles. The van der Waals surface area contributed by atoms with Gasteiger partial charge in [-0.1, -0.05) is 24.3 Å². The molecule has 3 rings (SSSR count). The van der Waals surface area contributed by atoms with Gasteiger partial charge in [-0.15, -0.1) is 11.8 Å². The summed E-state index contributed by atoms with van der Waals surface area (Å²) in [5.74, 6) is 1.67. The van der Waals surface area contributed by atoms with Crippen molar-refractivity contribution in [1.29, 1.82) is 0 Å². The van der Waals surface area contributed by atoms with Crippen LogP contribution in [0.4, 0.5) is 4.39 Å². The quantitative estimate of drug-likeness (QED) is 0.425. The molecule has 5 nitrogen and oxygen atoms in total. The van der Waals surface area contributed by atoms with E-state index in [1.165, 1.54) is 23.9 Å². The highest BCUT2D eigenvalue weighted by molar-refractivity contribution is 8.00. The van der Waals surface area contributed by atoms with Crippen LogP contribution in [-0.2, 0) is 17.9 Å². The van der Waals surface area contributed by atoms with Crippen LogP contribution in [0.25, 0.3) is 0 Å². The Hall–Kier alpha value is -3.19. The Bertz CT molecular complexity index is 1030. The number of amides is 1. The van der Waals surface area contributed by atoms with Crippen molar-refractivity contribution in [2.45, 2.75) is 30.2 Å². The van der Waals surface area contributed by atoms with Crippen LogP contribution in [-0.4, -0.2) is 25.4 Å². The van der Waals surface area contributed by atoms with Gasteiger partial charge in [-0.3, -0.25) is 4.79 Å². The Kier molecular flexibility index (Phi) is 8.39. The highest BCUT2D eigenvalue weighted by atomic mass is 32.2. The Morgan fingerprint density at radius 1 is 0.938 bits per heavy atom. The minimum absolute atomic E-state index is 0.0542. The number of ether oxygens (including phenoxy) is 3. The fourth-order valence-electron chi connectivity index (χ4n) is 2.93. The first-order chi connectivity index (χ1) is 15.5. The molecule has 0 radical (unpaired) electrons. The fourth-order valence-corrected chi connectivity index (χ4v) is 3.85. The summed E-state index contributed by atoms with van der Waals surface area (Å²) in [5, 5.41) is 2.69. The molecular formula is C25H26FNO4S. The number of rotatable bonds is 10. The van der Waals surface area contributed by atoms with E-state index in [9.17, 15) is 9.18 Å². The number of hydrogen-bond donors (Lipinski definition) is 1. The molecule has 0 bridgehead atoms. The SMILES string of the molecule is COc1ccc(S[C@H](C)C(=O)NCc2ccc(OCc3ccc(F)cc3)cc2)cc1OC. The zero-order valence-electron chi connectivity index (χ0n) is 18.3. The van der Waals surface area contributed by atoms with E-state index in [1.54, 1.807) is 26.4 Å². The third-order valence-corrected chi connectivity index (χ3v) is 5.84. The van der Waals surface area contributed by atoms with Gasteiger partial charge in [0.2, 0.25) is 5.91 Å². The molecule has 168 valence electrons. The normalized spacial score (nSPS) is 11.5. The predicted molar refractivity (Wildman–Crippen MR) is 124 cm³/mol. The average Bonchev–Trinajstić information content (AvgIpc) is 2.82. The average molecular weight is 456 g/mol. The largest absolute Gasteiger partial charge is 0.493 e. The van der Waals surface area contributed by atoms with Gasteiger partial charge in [-0.05, 0) is 60.5 Å². The van der Waals surface area contributed by atoms with E-state index in [1.807, 2.05) is 49.4 Å². The van der Waals surface area contributed by atoms with Crippen LogP contribution >= 0.6 is 11.8 Å². The lowest BCUT2D eigenvalue weighted by Crippen LogP contribution is -2.30. The Morgan fingerprint density at radius 2 is 1.59 bits per heavy atom. The molecule has 1 amide bonds. The zero-order chi connectivity index (χ0) is 22.9. The number of carbonyl (C=O) groups is 1. The first-order valence-corrected chi connectivity index (χ1v) is 11.0. The van der Waals surface area contributed by atoms with Crippen molar-refractivity contribution in [1.82, 2.24) is 5.32 Å². The van der Waals surface area contributed by atoms with Crippen molar-refractivity contribution < 1.29 is 23.4 Å². The summed E-state index contributed by atoms with van der Waals surface area (Å²) in [6.07, 6.45) is 0. The van der Waals surface area contributed by atoms with E-state index in [2.05, 4.69) is 5.32 Å². The smallest absolute Gasteiger partial charge is 0.233 e. The lowest BCUT2D eigenvalue weighted by atomic mass is 10.2.